The van der Waals surface area contributed by atoms with Crippen LogP contribution in [0.4, 0.5) is 0 Å². The zero-order chi connectivity index (χ0) is 21.7. The van der Waals surface area contributed by atoms with E-state index in [1.165, 1.54) is 17.0 Å². The first-order valence-corrected chi connectivity index (χ1v) is 13.1. The van der Waals surface area contributed by atoms with E-state index in [4.69, 9.17) is 9.47 Å². The third-order valence-electron chi connectivity index (χ3n) is 5.40. The predicted octanol–water partition coefficient (Wildman–Crippen LogP) is 3.55. The summed E-state index contributed by atoms with van der Waals surface area (Å²) in [4.78, 5) is 16.0. The minimum absolute atomic E-state index is 0.167. The van der Waals surface area contributed by atoms with Crippen LogP contribution < -0.4 is 14.2 Å². The molecule has 1 saturated carbocycles. The first-order valence-electron chi connectivity index (χ1n) is 10.7. The number of unbranched alkanes of at least 4 members (excludes halogenated alkanes) is 2. The first-order chi connectivity index (χ1) is 15.0. The van der Waals surface area contributed by atoms with Crippen molar-refractivity contribution in [1.29, 1.82) is 0 Å². The van der Waals surface area contributed by atoms with Crippen molar-refractivity contribution in [1.82, 2.24) is 9.62 Å². The number of sulfonamides is 1. The van der Waals surface area contributed by atoms with Gasteiger partial charge in [-0.05, 0) is 49.3 Å². The summed E-state index contributed by atoms with van der Waals surface area (Å²) >= 11 is 1.68. The standard InChI is InChI=1S/C22H28N2O5S2/c25-22(24(17-7-8-17)16-18-5-4-14-30-18)6-2-1-3-11-23-31(26,27)19-9-10-20-21(15-19)29-13-12-28-20/h4-5,9-10,14-15,17,23H,1-3,6-8,11-13,16H2. The van der Waals surface area contributed by atoms with Gasteiger partial charge in [0.25, 0.3) is 0 Å². The highest BCUT2D eigenvalue weighted by Crippen LogP contribution is 2.32. The van der Waals surface area contributed by atoms with E-state index in [9.17, 15) is 13.2 Å². The molecule has 0 radical (unpaired) electrons. The third kappa shape index (κ3) is 5.99. The molecule has 0 spiro atoms. The Bertz CT molecular complexity index is 987. The first kappa shape index (κ1) is 22.1. The number of benzene rings is 1. The molecule has 1 aromatic heterocycles. The number of nitrogens with one attached hydrogen (secondary N) is 1. The quantitative estimate of drug-likeness (QED) is 0.514. The van der Waals surface area contributed by atoms with Gasteiger partial charge < -0.3 is 14.4 Å². The van der Waals surface area contributed by atoms with Gasteiger partial charge in [-0.15, -0.1) is 11.3 Å². The molecule has 168 valence electrons. The minimum atomic E-state index is -3.60. The molecule has 2 aliphatic rings. The van der Waals surface area contributed by atoms with Crippen molar-refractivity contribution in [3.63, 3.8) is 0 Å². The second-order valence-electron chi connectivity index (χ2n) is 7.85. The molecular formula is C22H28N2O5S2. The number of carbonyl (C=O) groups excluding carboxylic acids is 1. The summed E-state index contributed by atoms with van der Waals surface area (Å²) in [7, 11) is -3.60. The summed E-state index contributed by atoms with van der Waals surface area (Å²) in [5.74, 6) is 1.22. The van der Waals surface area contributed by atoms with Gasteiger partial charge in [0.05, 0.1) is 11.4 Å². The fourth-order valence-electron chi connectivity index (χ4n) is 3.58. The molecule has 7 nitrogen and oxygen atoms in total. The number of hydrogen-bond donors (Lipinski definition) is 1. The molecular weight excluding hydrogens is 436 g/mol. The topological polar surface area (TPSA) is 84.9 Å². The Morgan fingerprint density at radius 2 is 1.90 bits per heavy atom. The van der Waals surface area contributed by atoms with Crippen LogP contribution in [0.25, 0.3) is 0 Å². The molecule has 0 bridgehead atoms. The molecule has 9 heteroatoms. The maximum Gasteiger partial charge on any atom is 0.240 e. The van der Waals surface area contributed by atoms with Crippen molar-refractivity contribution < 1.29 is 22.7 Å². The van der Waals surface area contributed by atoms with Crippen molar-refractivity contribution in [2.75, 3.05) is 19.8 Å². The average molecular weight is 465 g/mol. The number of fused-ring (bicyclic) bond motifs is 1. The lowest BCUT2D eigenvalue weighted by molar-refractivity contribution is -0.132. The number of hydrogen-bond acceptors (Lipinski definition) is 6. The second-order valence-corrected chi connectivity index (χ2v) is 10.6. The van der Waals surface area contributed by atoms with E-state index >= 15 is 0 Å². The van der Waals surface area contributed by atoms with Crippen molar-refractivity contribution >= 4 is 27.3 Å². The van der Waals surface area contributed by atoms with Gasteiger partial charge in [-0.3, -0.25) is 4.79 Å². The summed E-state index contributed by atoms with van der Waals surface area (Å²) in [5, 5.41) is 2.04. The summed E-state index contributed by atoms with van der Waals surface area (Å²) in [5.41, 5.74) is 0. The van der Waals surface area contributed by atoms with Gasteiger partial charge in [0.15, 0.2) is 11.5 Å². The number of rotatable bonds is 11. The Balaban J connectivity index is 1.18. The summed E-state index contributed by atoms with van der Waals surface area (Å²) < 4.78 is 38.6. The molecule has 1 amide bonds. The molecule has 1 fully saturated rings. The summed E-state index contributed by atoms with van der Waals surface area (Å²) in [6, 6.07) is 9.12. The smallest absolute Gasteiger partial charge is 0.240 e. The molecule has 0 saturated heterocycles. The Morgan fingerprint density at radius 3 is 2.65 bits per heavy atom. The Labute approximate surface area is 187 Å². The van der Waals surface area contributed by atoms with Crippen molar-refractivity contribution in [3.05, 3.63) is 40.6 Å². The SMILES string of the molecule is O=C(CCCCCNS(=O)(=O)c1ccc2c(c1)OCCO2)N(Cc1cccs1)C1CC1. The highest BCUT2D eigenvalue weighted by Gasteiger charge is 2.32. The van der Waals surface area contributed by atoms with E-state index in [2.05, 4.69) is 10.8 Å². The average Bonchev–Trinajstić information content (AvgIpc) is 3.48. The molecule has 31 heavy (non-hydrogen) atoms. The molecule has 2 heterocycles. The monoisotopic (exact) mass is 464 g/mol. The zero-order valence-electron chi connectivity index (χ0n) is 17.4. The maximum absolute atomic E-state index is 12.6. The van der Waals surface area contributed by atoms with E-state index in [1.807, 2.05) is 16.3 Å². The molecule has 4 rings (SSSR count). The highest BCUT2D eigenvalue weighted by molar-refractivity contribution is 7.89. The van der Waals surface area contributed by atoms with Crippen LogP contribution in [0.15, 0.2) is 40.6 Å². The van der Waals surface area contributed by atoms with Gasteiger partial charge >= 0.3 is 0 Å². The lowest BCUT2D eigenvalue weighted by Crippen LogP contribution is -2.32. The molecule has 2 aromatic rings. The summed E-state index contributed by atoms with van der Waals surface area (Å²) in [6.07, 6.45) is 4.95. The van der Waals surface area contributed by atoms with Crippen LogP contribution in [0.2, 0.25) is 0 Å². The summed E-state index contributed by atoms with van der Waals surface area (Å²) in [6.45, 7) is 1.92. The second kappa shape index (κ2) is 10.0. The highest BCUT2D eigenvalue weighted by atomic mass is 32.2. The third-order valence-corrected chi connectivity index (χ3v) is 7.72. The molecule has 1 aromatic carbocycles. The van der Waals surface area contributed by atoms with Crippen LogP contribution in [0.3, 0.4) is 0 Å². The largest absolute Gasteiger partial charge is 0.486 e. The van der Waals surface area contributed by atoms with E-state index < -0.39 is 10.0 Å². The van der Waals surface area contributed by atoms with Gasteiger partial charge in [-0.25, -0.2) is 13.1 Å². The maximum atomic E-state index is 12.6. The van der Waals surface area contributed by atoms with Crippen LogP contribution in [0.5, 0.6) is 11.5 Å². The van der Waals surface area contributed by atoms with E-state index in [0.29, 0.717) is 56.7 Å². The van der Waals surface area contributed by atoms with Crippen LogP contribution in [0.1, 0.15) is 43.4 Å². The molecule has 0 unspecified atom stereocenters. The van der Waals surface area contributed by atoms with Gasteiger partial charge in [-0.2, -0.15) is 0 Å². The van der Waals surface area contributed by atoms with Gasteiger partial charge in [0, 0.05) is 30.0 Å². The Kier molecular flexibility index (Phi) is 7.14. The lowest BCUT2D eigenvalue weighted by atomic mass is 10.1. The number of carbonyl (C=O) groups is 1. The molecule has 1 aliphatic heterocycles. The van der Waals surface area contributed by atoms with Crippen LogP contribution in [0, 0.1) is 0 Å². The normalized spacial score (nSPS) is 15.6. The van der Waals surface area contributed by atoms with E-state index in [1.54, 1.807) is 17.4 Å². The minimum Gasteiger partial charge on any atom is -0.486 e. The Morgan fingerprint density at radius 1 is 1.10 bits per heavy atom. The van der Waals surface area contributed by atoms with E-state index in [-0.39, 0.29) is 10.8 Å². The lowest BCUT2D eigenvalue weighted by Gasteiger charge is -2.21. The van der Waals surface area contributed by atoms with Crippen LogP contribution in [-0.4, -0.2) is 45.0 Å². The van der Waals surface area contributed by atoms with Crippen molar-refractivity contribution in [2.24, 2.45) is 0 Å². The molecule has 0 atom stereocenters. The van der Waals surface area contributed by atoms with Crippen LogP contribution >= 0.6 is 11.3 Å². The number of ether oxygens (including phenoxy) is 2. The van der Waals surface area contributed by atoms with E-state index in [0.717, 1.165) is 25.7 Å². The fraction of sp³-hybridized carbons (Fsp3) is 0.500. The van der Waals surface area contributed by atoms with Crippen LogP contribution in [-0.2, 0) is 21.4 Å². The molecule has 1 aliphatic carbocycles. The van der Waals surface area contributed by atoms with Crippen molar-refractivity contribution in [2.45, 2.75) is 56.0 Å². The fourth-order valence-corrected chi connectivity index (χ4v) is 5.37. The Hall–Kier alpha value is -2.10. The zero-order valence-corrected chi connectivity index (χ0v) is 19.1. The van der Waals surface area contributed by atoms with Gasteiger partial charge in [0.2, 0.25) is 15.9 Å². The number of amides is 1. The predicted molar refractivity (Wildman–Crippen MR) is 119 cm³/mol. The molecule has 1 N–H and O–H groups in total. The number of thiophene rings is 1. The van der Waals surface area contributed by atoms with Gasteiger partial charge in [0.1, 0.15) is 13.2 Å². The number of nitrogens with zero attached hydrogens (tertiary/aromatic N) is 1. The van der Waals surface area contributed by atoms with Gasteiger partial charge in [-0.1, -0.05) is 12.5 Å². The van der Waals surface area contributed by atoms with Crippen molar-refractivity contribution in [3.8, 4) is 11.5 Å².